The summed E-state index contributed by atoms with van der Waals surface area (Å²) >= 11 is 0. The van der Waals surface area contributed by atoms with Crippen LogP contribution in [0.25, 0.3) is 0 Å². The van der Waals surface area contributed by atoms with Gasteiger partial charge in [0.15, 0.2) is 0 Å². The molecule has 2 rings (SSSR count). The predicted molar refractivity (Wildman–Crippen MR) is 66.8 cm³/mol. The number of nitrogens with one attached hydrogen (secondary N) is 1. The van der Waals surface area contributed by atoms with Crippen LogP contribution in [0.2, 0.25) is 0 Å². The highest BCUT2D eigenvalue weighted by Crippen LogP contribution is 2.32. The van der Waals surface area contributed by atoms with Crippen LogP contribution in [0.3, 0.4) is 0 Å². The molecule has 0 aromatic carbocycles. The SMILES string of the molecule is COC(=O)C1(CC2CCN(C)CC2)CCCN1. The first-order valence-corrected chi connectivity index (χ1v) is 6.68. The lowest BCUT2D eigenvalue weighted by Crippen LogP contribution is -2.50. The summed E-state index contributed by atoms with van der Waals surface area (Å²) in [4.78, 5) is 14.3. The van der Waals surface area contributed by atoms with Crippen molar-refractivity contribution in [1.82, 2.24) is 10.2 Å². The molecule has 0 radical (unpaired) electrons. The average molecular weight is 240 g/mol. The van der Waals surface area contributed by atoms with Gasteiger partial charge in [0.05, 0.1) is 7.11 Å². The van der Waals surface area contributed by atoms with Crippen molar-refractivity contribution in [2.75, 3.05) is 33.8 Å². The molecule has 0 aromatic heterocycles. The van der Waals surface area contributed by atoms with Gasteiger partial charge in [0.2, 0.25) is 0 Å². The molecule has 0 amide bonds. The smallest absolute Gasteiger partial charge is 0.326 e. The van der Waals surface area contributed by atoms with Crippen molar-refractivity contribution in [2.24, 2.45) is 5.92 Å². The zero-order valence-corrected chi connectivity index (χ0v) is 11.0. The number of esters is 1. The molecule has 1 unspecified atom stereocenters. The number of methoxy groups -OCH3 is 1. The summed E-state index contributed by atoms with van der Waals surface area (Å²) in [5, 5.41) is 3.39. The third-order valence-electron chi connectivity index (χ3n) is 4.30. The topological polar surface area (TPSA) is 41.6 Å². The number of rotatable bonds is 3. The van der Waals surface area contributed by atoms with E-state index in [9.17, 15) is 4.79 Å². The Morgan fingerprint density at radius 1 is 1.47 bits per heavy atom. The molecular weight excluding hydrogens is 216 g/mol. The van der Waals surface area contributed by atoms with E-state index in [-0.39, 0.29) is 11.5 Å². The van der Waals surface area contributed by atoms with E-state index in [0.717, 1.165) is 38.9 Å². The fraction of sp³-hybridized carbons (Fsp3) is 0.923. The monoisotopic (exact) mass is 240 g/mol. The molecular formula is C13H24N2O2. The predicted octanol–water partition coefficient (Wildman–Crippen LogP) is 1.01. The molecule has 2 aliphatic rings. The molecule has 2 heterocycles. The molecule has 0 spiro atoms. The van der Waals surface area contributed by atoms with Crippen molar-refractivity contribution in [3.8, 4) is 0 Å². The van der Waals surface area contributed by atoms with Crippen LogP contribution < -0.4 is 5.32 Å². The number of carbonyl (C=O) groups excluding carboxylic acids is 1. The maximum absolute atomic E-state index is 12.0. The normalized spacial score (nSPS) is 31.6. The Balaban J connectivity index is 1.96. The summed E-state index contributed by atoms with van der Waals surface area (Å²) in [5.74, 6) is 0.602. The standard InChI is InChI=1S/C13H24N2O2/c1-15-8-4-11(5-9-15)10-13(12(16)17-2)6-3-7-14-13/h11,14H,3-10H2,1-2H3. The molecule has 17 heavy (non-hydrogen) atoms. The van der Waals surface area contributed by atoms with Gasteiger partial charge in [0.1, 0.15) is 5.54 Å². The van der Waals surface area contributed by atoms with E-state index in [1.807, 2.05) is 0 Å². The second-order valence-electron chi connectivity index (χ2n) is 5.55. The van der Waals surface area contributed by atoms with E-state index in [1.54, 1.807) is 0 Å². The van der Waals surface area contributed by atoms with Crippen LogP contribution in [0.5, 0.6) is 0 Å². The first-order valence-electron chi connectivity index (χ1n) is 6.68. The molecule has 2 saturated heterocycles. The maximum atomic E-state index is 12.0. The zero-order chi connectivity index (χ0) is 12.3. The van der Waals surface area contributed by atoms with E-state index in [2.05, 4.69) is 17.3 Å². The second kappa shape index (κ2) is 5.36. The van der Waals surface area contributed by atoms with Gasteiger partial charge in [-0.05, 0) is 64.7 Å². The van der Waals surface area contributed by atoms with Crippen LogP contribution in [-0.4, -0.2) is 50.2 Å². The Kier molecular flexibility index (Phi) is 4.05. The van der Waals surface area contributed by atoms with Crippen LogP contribution in [0.15, 0.2) is 0 Å². The molecule has 0 aromatic rings. The maximum Gasteiger partial charge on any atom is 0.326 e. The van der Waals surface area contributed by atoms with Crippen LogP contribution >= 0.6 is 0 Å². The van der Waals surface area contributed by atoms with Crippen molar-refractivity contribution < 1.29 is 9.53 Å². The first kappa shape index (κ1) is 12.8. The van der Waals surface area contributed by atoms with Crippen LogP contribution in [-0.2, 0) is 9.53 Å². The Morgan fingerprint density at radius 2 is 2.18 bits per heavy atom. The highest BCUT2D eigenvalue weighted by molar-refractivity contribution is 5.81. The zero-order valence-electron chi connectivity index (χ0n) is 11.0. The Bertz CT molecular complexity index is 267. The third kappa shape index (κ3) is 2.80. The van der Waals surface area contributed by atoms with Crippen LogP contribution in [0.4, 0.5) is 0 Å². The van der Waals surface area contributed by atoms with E-state index < -0.39 is 0 Å². The average Bonchev–Trinajstić information content (AvgIpc) is 2.81. The molecule has 0 saturated carbocycles. The largest absolute Gasteiger partial charge is 0.468 e. The second-order valence-corrected chi connectivity index (χ2v) is 5.55. The van der Waals surface area contributed by atoms with Gasteiger partial charge in [-0.3, -0.25) is 4.79 Å². The molecule has 0 bridgehead atoms. The summed E-state index contributed by atoms with van der Waals surface area (Å²) in [6.45, 7) is 3.26. The first-order chi connectivity index (χ1) is 8.16. The van der Waals surface area contributed by atoms with Crippen molar-refractivity contribution in [1.29, 1.82) is 0 Å². The molecule has 98 valence electrons. The number of likely N-dealkylation sites (tertiary alicyclic amines) is 1. The Hall–Kier alpha value is -0.610. The van der Waals surface area contributed by atoms with Crippen molar-refractivity contribution in [3.05, 3.63) is 0 Å². The van der Waals surface area contributed by atoms with E-state index in [0.29, 0.717) is 5.92 Å². The van der Waals surface area contributed by atoms with Crippen LogP contribution in [0.1, 0.15) is 32.1 Å². The van der Waals surface area contributed by atoms with Gasteiger partial charge in [-0.1, -0.05) is 0 Å². The number of nitrogens with zero attached hydrogens (tertiary/aromatic N) is 1. The fourth-order valence-corrected chi connectivity index (χ4v) is 3.19. The van der Waals surface area contributed by atoms with Gasteiger partial charge in [0.25, 0.3) is 0 Å². The van der Waals surface area contributed by atoms with Gasteiger partial charge in [0, 0.05) is 0 Å². The number of carbonyl (C=O) groups is 1. The van der Waals surface area contributed by atoms with Gasteiger partial charge < -0.3 is 15.0 Å². The molecule has 2 aliphatic heterocycles. The van der Waals surface area contributed by atoms with Gasteiger partial charge in [-0.2, -0.15) is 0 Å². The Labute approximate surface area is 104 Å². The van der Waals surface area contributed by atoms with E-state index >= 15 is 0 Å². The lowest BCUT2D eigenvalue weighted by atomic mass is 9.81. The summed E-state index contributed by atoms with van der Waals surface area (Å²) in [7, 11) is 3.67. The van der Waals surface area contributed by atoms with Gasteiger partial charge in [-0.15, -0.1) is 0 Å². The number of piperidine rings is 1. The number of ether oxygens (including phenoxy) is 1. The highest BCUT2D eigenvalue weighted by Gasteiger charge is 2.43. The summed E-state index contributed by atoms with van der Waals surface area (Å²) < 4.78 is 4.99. The van der Waals surface area contributed by atoms with Gasteiger partial charge >= 0.3 is 5.97 Å². The van der Waals surface area contributed by atoms with Crippen molar-refractivity contribution in [3.63, 3.8) is 0 Å². The van der Waals surface area contributed by atoms with Gasteiger partial charge in [-0.25, -0.2) is 0 Å². The molecule has 4 nitrogen and oxygen atoms in total. The molecule has 2 fully saturated rings. The molecule has 0 aliphatic carbocycles. The minimum atomic E-state index is -0.380. The fourth-order valence-electron chi connectivity index (χ4n) is 3.19. The summed E-state index contributed by atoms with van der Waals surface area (Å²) in [5.41, 5.74) is -0.380. The minimum Gasteiger partial charge on any atom is -0.468 e. The van der Waals surface area contributed by atoms with Crippen molar-refractivity contribution >= 4 is 5.97 Å². The minimum absolute atomic E-state index is 0.0612. The lowest BCUT2D eigenvalue weighted by molar-refractivity contribution is -0.149. The summed E-state index contributed by atoms with van der Waals surface area (Å²) in [6, 6.07) is 0. The van der Waals surface area contributed by atoms with Crippen molar-refractivity contribution in [2.45, 2.75) is 37.6 Å². The third-order valence-corrected chi connectivity index (χ3v) is 4.30. The Morgan fingerprint density at radius 3 is 2.71 bits per heavy atom. The van der Waals surface area contributed by atoms with E-state index in [1.165, 1.54) is 20.0 Å². The number of hydrogen-bond acceptors (Lipinski definition) is 4. The van der Waals surface area contributed by atoms with Crippen LogP contribution in [0, 0.1) is 5.92 Å². The molecule has 4 heteroatoms. The highest BCUT2D eigenvalue weighted by atomic mass is 16.5. The quantitative estimate of drug-likeness (QED) is 0.748. The number of hydrogen-bond donors (Lipinski definition) is 1. The molecule has 1 atom stereocenters. The lowest BCUT2D eigenvalue weighted by Gasteiger charge is -2.35. The summed E-state index contributed by atoms with van der Waals surface area (Å²) in [6.07, 6.45) is 5.38. The van der Waals surface area contributed by atoms with E-state index in [4.69, 9.17) is 4.74 Å². The molecule has 1 N–H and O–H groups in total.